The quantitative estimate of drug-likeness (QED) is 0.632. The minimum Gasteiger partial charge on any atom is -0.373 e. The second-order valence-electron chi connectivity index (χ2n) is 4.92. The fourth-order valence-electron chi connectivity index (χ4n) is 2.12. The molecule has 0 amide bonds. The van der Waals surface area contributed by atoms with Crippen molar-refractivity contribution in [3.63, 3.8) is 0 Å². The van der Waals surface area contributed by atoms with E-state index in [9.17, 15) is 26.0 Å². The normalized spacial score (nSPS) is 12.9. The topological polar surface area (TPSA) is 85.1 Å². The molecule has 0 radical (unpaired) electrons. The zero-order valence-corrected chi connectivity index (χ0v) is 13.2. The molecular formula is C14H13F4N3O2S. The van der Waals surface area contributed by atoms with E-state index >= 15 is 0 Å². The summed E-state index contributed by atoms with van der Waals surface area (Å²) in [6, 6.07) is 4.51. The number of nitrogens with two attached hydrogens (primary N) is 1. The molecule has 2 aromatic rings. The summed E-state index contributed by atoms with van der Waals surface area (Å²) in [5.74, 6) is -6.92. The van der Waals surface area contributed by atoms with Gasteiger partial charge in [-0.1, -0.05) is 19.1 Å². The van der Waals surface area contributed by atoms with Gasteiger partial charge in [0.15, 0.2) is 0 Å². The Bertz CT molecular complexity index is 848. The molecular weight excluding hydrogens is 350 g/mol. The van der Waals surface area contributed by atoms with Gasteiger partial charge < -0.3 is 5.32 Å². The van der Waals surface area contributed by atoms with E-state index in [4.69, 9.17) is 5.14 Å². The average molecular weight is 363 g/mol. The van der Waals surface area contributed by atoms with E-state index in [2.05, 4.69) is 10.3 Å². The number of aromatic nitrogens is 1. The molecule has 1 aromatic heterocycles. The molecule has 1 aromatic carbocycles. The van der Waals surface area contributed by atoms with E-state index in [1.807, 2.05) is 0 Å². The van der Waals surface area contributed by atoms with Gasteiger partial charge in [-0.15, -0.1) is 0 Å². The number of benzene rings is 1. The van der Waals surface area contributed by atoms with Crippen LogP contribution in [-0.4, -0.2) is 13.4 Å². The second kappa shape index (κ2) is 6.73. The van der Waals surface area contributed by atoms with Gasteiger partial charge in [0.2, 0.25) is 21.7 Å². The molecule has 0 fully saturated rings. The smallest absolute Gasteiger partial charge is 0.253 e. The van der Waals surface area contributed by atoms with E-state index in [-0.39, 0.29) is 11.3 Å². The number of hydrogen-bond acceptors (Lipinski definition) is 4. The maximum Gasteiger partial charge on any atom is 0.253 e. The Balaban J connectivity index is 2.45. The number of sulfonamides is 1. The predicted octanol–water partition coefficient (Wildman–Crippen LogP) is 2.85. The zero-order valence-electron chi connectivity index (χ0n) is 12.4. The van der Waals surface area contributed by atoms with Crippen molar-refractivity contribution >= 4 is 15.7 Å². The molecule has 0 aliphatic rings. The largest absolute Gasteiger partial charge is 0.373 e. The molecule has 1 atom stereocenters. The third-order valence-electron chi connectivity index (χ3n) is 3.31. The minimum absolute atomic E-state index is 0.201. The van der Waals surface area contributed by atoms with Crippen LogP contribution in [0.3, 0.4) is 0 Å². The van der Waals surface area contributed by atoms with E-state index in [1.54, 1.807) is 6.92 Å². The van der Waals surface area contributed by atoms with E-state index < -0.39 is 45.3 Å². The van der Waals surface area contributed by atoms with Crippen LogP contribution >= 0.6 is 0 Å². The molecule has 130 valence electrons. The SMILES string of the molecule is CCC(Nc1c(F)c(F)nc(F)c1F)c1cccc(S(N)(=O)=O)c1. The first kappa shape index (κ1) is 18.1. The van der Waals surface area contributed by atoms with Crippen molar-refractivity contribution in [2.24, 2.45) is 5.14 Å². The summed E-state index contributed by atoms with van der Waals surface area (Å²) in [5.41, 5.74) is -0.701. The average Bonchev–Trinajstić information content (AvgIpc) is 2.52. The fourth-order valence-corrected chi connectivity index (χ4v) is 2.69. The van der Waals surface area contributed by atoms with Crippen molar-refractivity contribution in [1.29, 1.82) is 0 Å². The molecule has 24 heavy (non-hydrogen) atoms. The lowest BCUT2D eigenvalue weighted by atomic mass is 10.0. The number of nitrogens with zero attached hydrogens (tertiary/aromatic N) is 1. The number of primary sulfonamides is 1. The van der Waals surface area contributed by atoms with Crippen molar-refractivity contribution in [3.8, 4) is 0 Å². The van der Waals surface area contributed by atoms with Gasteiger partial charge in [-0.25, -0.2) is 13.6 Å². The lowest BCUT2D eigenvalue weighted by molar-refractivity contribution is 0.409. The Kier molecular flexibility index (Phi) is 5.09. The Morgan fingerprint density at radius 1 is 1.17 bits per heavy atom. The molecule has 10 heteroatoms. The van der Waals surface area contributed by atoms with Crippen LogP contribution < -0.4 is 10.5 Å². The summed E-state index contributed by atoms with van der Waals surface area (Å²) in [4.78, 5) is 2.27. The summed E-state index contributed by atoms with van der Waals surface area (Å²) < 4.78 is 76.5. The highest BCUT2D eigenvalue weighted by molar-refractivity contribution is 7.89. The Labute approximate surface area is 135 Å². The van der Waals surface area contributed by atoms with Crippen molar-refractivity contribution in [2.75, 3.05) is 5.32 Å². The van der Waals surface area contributed by atoms with Crippen molar-refractivity contribution in [2.45, 2.75) is 24.3 Å². The molecule has 0 aliphatic heterocycles. The monoisotopic (exact) mass is 363 g/mol. The molecule has 1 unspecified atom stereocenters. The van der Waals surface area contributed by atoms with Gasteiger partial charge in [-0.3, -0.25) is 0 Å². The highest BCUT2D eigenvalue weighted by Gasteiger charge is 2.23. The first-order chi connectivity index (χ1) is 11.1. The molecule has 0 spiro atoms. The first-order valence-electron chi connectivity index (χ1n) is 6.74. The summed E-state index contributed by atoms with van der Waals surface area (Å²) in [6.07, 6.45) is 0.235. The van der Waals surface area contributed by atoms with Crippen LogP contribution in [0.5, 0.6) is 0 Å². The molecule has 5 nitrogen and oxygen atoms in total. The van der Waals surface area contributed by atoms with E-state index in [1.165, 1.54) is 24.3 Å². The van der Waals surface area contributed by atoms with Crippen LogP contribution in [0.1, 0.15) is 24.9 Å². The maximum absolute atomic E-state index is 13.7. The summed E-state index contributed by atoms with van der Waals surface area (Å²) in [5, 5.41) is 7.37. The maximum atomic E-state index is 13.7. The van der Waals surface area contributed by atoms with Gasteiger partial charge in [0, 0.05) is 0 Å². The molecule has 0 bridgehead atoms. The molecule has 0 aliphatic carbocycles. The van der Waals surface area contributed by atoms with Crippen LogP contribution in [0.2, 0.25) is 0 Å². The Hall–Kier alpha value is -2.20. The van der Waals surface area contributed by atoms with Gasteiger partial charge in [0.1, 0.15) is 5.69 Å². The van der Waals surface area contributed by atoms with Crippen molar-refractivity contribution in [1.82, 2.24) is 4.98 Å². The molecule has 3 N–H and O–H groups in total. The molecule has 2 rings (SSSR count). The van der Waals surface area contributed by atoms with Crippen LogP contribution in [0.15, 0.2) is 29.2 Å². The van der Waals surface area contributed by atoms with Crippen LogP contribution in [0, 0.1) is 23.5 Å². The van der Waals surface area contributed by atoms with Gasteiger partial charge in [0.25, 0.3) is 11.9 Å². The van der Waals surface area contributed by atoms with Gasteiger partial charge in [0.05, 0.1) is 10.9 Å². The first-order valence-corrected chi connectivity index (χ1v) is 8.29. The number of nitrogens with one attached hydrogen (secondary N) is 1. The number of pyridine rings is 1. The number of anilines is 1. The van der Waals surface area contributed by atoms with Gasteiger partial charge in [-0.2, -0.15) is 22.5 Å². The van der Waals surface area contributed by atoms with E-state index in [0.717, 1.165) is 0 Å². The van der Waals surface area contributed by atoms with Crippen molar-refractivity contribution < 1.29 is 26.0 Å². The highest BCUT2D eigenvalue weighted by atomic mass is 32.2. The van der Waals surface area contributed by atoms with Crippen LogP contribution in [0.25, 0.3) is 0 Å². The van der Waals surface area contributed by atoms with Crippen molar-refractivity contribution in [3.05, 3.63) is 53.4 Å². The van der Waals surface area contributed by atoms with E-state index in [0.29, 0.717) is 5.56 Å². The fraction of sp³-hybridized carbons (Fsp3) is 0.214. The third kappa shape index (κ3) is 3.65. The second-order valence-corrected chi connectivity index (χ2v) is 6.48. The Morgan fingerprint density at radius 2 is 1.75 bits per heavy atom. The molecule has 0 saturated heterocycles. The zero-order chi connectivity index (χ0) is 18.1. The number of hydrogen-bond donors (Lipinski definition) is 2. The van der Waals surface area contributed by atoms with Gasteiger partial charge >= 0.3 is 0 Å². The number of rotatable bonds is 5. The standard InChI is InChI=1S/C14H13F4N3O2S/c1-2-9(7-4-3-5-8(6-7)24(19,22)23)20-12-10(15)13(17)21-14(18)11(12)16/h3-6,9H,2H2,1H3,(H,20,21)(H2,19,22,23). The lowest BCUT2D eigenvalue weighted by Crippen LogP contribution is -2.16. The van der Waals surface area contributed by atoms with Crippen LogP contribution in [-0.2, 0) is 10.0 Å². The summed E-state index contributed by atoms with van der Waals surface area (Å²) >= 11 is 0. The van der Waals surface area contributed by atoms with Crippen LogP contribution in [0.4, 0.5) is 23.2 Å². The minimum atomic E-state index is -3.98. The molecule has 0 saturated carbocycles. The Morgan fingerprint density at radius 3 is 2.25 bits per heavy atom. The summed E-state index contributed by atoms with van der Waals surface area (Å²) in [6.45, 7) is 1.63. The third-order valence-corrected chi connectivity index (χ3v) is 4.22. The summed E-state index contributed by atoms with van der Waals surface area (Å²) in [7, 11) is -3.98. The highest BCUT2D eigenvalue weighted by Crippen LogP contribution is 2.29. The number of halogens is 4. The van der Waals surface area contributed by atoms with Gasteiger partial charge in [-0.05, 0) is 24.1 Å². The lowest BCUT2D eigenvalue weighted by Gasteiger charge is -2.20. The predicted molar refractivity (Wildman–Crippen MR) is 78.5 cm³/mol. The molecule has 1 heterocycles.